The van der Waals surface area contributed by atoms with Gasteiger partial charge in [0.1, 0.15) is 5.69 Å². The normalized spacial score (nSPS) is 17.6. The number of likely N-dealkylation sites (tertiary alicyclic amines) is 1. The summed E-state index contributed by atoms with van der Waals surface area (Å²) in [5.41, 5.74) is 0.379. The van der Waals surface area contributed by atoms with Gasteiger partial charge in [-0.3, -0.25) is 9.78 Å². The van der Waals surface area contributed by atoms with Gasteiger partial charge in [-0.25, -0.2) is 4.98 Å². The van der Waals surface area contributed by atoms with E-state index < -0.39 is 0 Å². The maximum absolute atomic E-state index is 11.7. The number of aromatic nitrogens is 2. The van der Waals surface area contributed by atoms with Crippen molar-refractivity contribution in [2.24, 2.45) is 5.92 Å². The second-order valence-corrected chi connectivity index (χ2v) is 4.87. The molecule has 2 heterocycles. The van der Waals surface area contributed by atoms with Gasteiger partial charge < -0.3 is 10.2 Å². The molecule has 1 aromatic heterocycles. The second-order valence-electron chi connectivity index (χ2n) is 4.87. The summed E-state index contributed by atoms with van der Waals surface area (Å²) in [6, 6.07) is 0. The first-order valence-electron chi connectivity index (χ1n) is 6.52. The summed E-state index contributed by atoms with van der Waals surface area (Å²) in [6.07, 6.45) is 7.10. The molecular formula is C13H20N4O. The Morgan fingerprint density at radius 3 is 2.89 bits per heavy atom. The van der Waals surface area contributed by atoms with Gasteiger partial charge in [0.15, 0.2) is 0 Å². The monoisotopic (exact) mass is 248 g/mol. The van der Waals surface area contributed by atoms with E-state index in [0.717, 1.165) is 25.6 Å². The van der Waals surface area contributed by atoms with Crippen molar-refractivity contribution in [3.05, 3.63) is 24.3 Å². The van der Waals surface area contributed by atoms with Crippen LogP contribution in [0.5, 0.6) is 0 Å². The van der Waals surface area contributed by atoms with Crippen LogP contribution < -0.4 is 5.32 Å². The summed E-state index contributed by atoms with van der Waals surface area (Å²) in [6.45, 7) is 6.17. The minimum absolute atomic E-state index is 0.145. The maximum Gasteiger partial charge on any atom is 0.271 e. The van der Waals surface area contributed by atoms with Gasteiger partial charge in [0.25, 0.3) is 5.91 Å². The van der Waals surface area contributed by atoms with Gasteiger partial charge in [-0.15, -0.1) is 0 Å². The summed E-state index contributed by atoms with van der Waals surface area (Å²) < 4.78 is 0. The Hall–Kier alpha value is -1.49. The lowest BCUT2D eigenvalue weighted by molar-refractivity contribution is 0.0939. The first-order chi connectivity index (χ1) is 8.75. The predicted molar refractivity (Wildman–Crippen MR) is 69.2 cm³/mol. The average Bonchev–Trinajstić information content (AvgIpc) is 2.42. The smallest absolute Gasteiger partial charge is 0.271 e. The summed E-state index contributed by atoms with van der Waals surface area (Å²) in [7, 11) is 0. The molecule has 0 atom stereocenters. The Balaban J connectivity index is 1.68. The number of amides is 1. The summed E-state index contributed by atoms with van der Waals surface area (Å²) >= 11 is 0. The molecule has 1 fully saturated rings. The molecule has 1 aliphatic heterocycles. The fourth-order valence-electron chi connectivity index (χ4n) is 2.12. The van der Waals surface area contributed by atoms with Crippen molar-refractivity contribution in [3.63, 3.8) is 0 Å². The Kier molecular flexibility index (Phi) is 4.64. The molecule has 1 saturated heterocycles. The second kappa shape index (κ2) is 6.44. The van der Waals surface area contributed by atoms with E-state index >= 15 is 0 Å². The zero-order chi connectivity index (χ0) is 12.8. The molecule has 5 heteroatoms. The van der Waals surface area contributed by atoms with Gasteiger partial charge in [0.05, 0.1) is 6.20 Å². The lowest BCUT2D eigenvalue weighted by Gasteiger charge is -2.30. The van der Waals surface area contributed by atoms with E-state index in [2.05, 4.69) is 27.1 Å². The molecule has 0 aliphatic carbocycles. The number of hydrogen-bond donors (Lipinski definition) is 1. The molecule has 1 aliphatic rings. The van der Waals surface area contributed by atoms with Crippen molar-refractivity contribution in [2.45, 2.75) is 19.8 Å². The van der Waals surface area contributed by atoms with Gasteiger partial charge in [0, 0.05) is 25.5 Å². The highest BCUT2D eigenvalue weighted by Gasteiger charge is 2.15. The van der Waals surface area contributed by atoms with Gasteiger partial charge >= 0.3 is 0 Å². The molecule has 0 unspecified atom stereocenters. The number of nitrogens with zero attached hydrogens (tertiary/aromatic N) is 3. The number of carbonyl (C=O) groups is 1. The summed E-state index contributed by atoms with van der Waals surface area (Å²) in [4.78, 5) is 22.0. The Bertz CT molecular complexity index is 374. The largest absolute Gasteiger partial charge is 0.349 e. The first-order valence-corrected chi connectivity index (χ1v) is 6.52. The SMILES string of the molecule is CC1CCN(CCNC(=O)c2cnccn2)CC1. The number of piperidine rings is 1. The van der Waals surface area contributed by atoms with Gasteiger partial charge in [-0.2, -0.15) is 0 Å². The molecule has 1 aromatic rings. The summed E-state index contributed by atoms with van der Waals surface area (Å²) in [5, 5.41) is 2.87. The van der Waals surface area contributed by atoms with Crippen molar-refractivity contribution in [1.29, 1.82) is 0 Å². The molecule has 0 radical (unpaired) electrons. The Morgan fingerprint density at radius 1 is 1.44 bits per heavy atom. The lowest BCUT2D eigenvalue weighted by atomic mass is 9.99. The molecule has 0 saturated carbocycles. The van der Waals surface area contributed by atoms with E-state index in [1.54, 1.807) is 6.20 Å². The van der Waals surface area contributed by atoms with Gasteiger partial charge in [-0.05, 0) is 31.8 Å². The van der Waals surface area contributed by atoms with Crippen molar-refractivity contribution < 1.29 is 4.79 Å². The molecule has 1 N–H and O–H groups in total. The van der Waals surface area contributed by atoms with E-state index in [0.29, 0.717) is 12.2 Å². The minimum Gasteiger partial charge on any atom is -0.349 e. The van der Waals surface area contributed by atoms with Gasteiger partial charge in [0.2, 0.25) is 0 Å². The van der Waals surface area contributed by atoms with Crippen molar-refractivity contribution in [3.8, 4) is 0 Å². The van der Waals surface area contributed by atoms with E-state index in [4.69, 9.17) is 0 Å². The van der Waals surface area contributed by atoms with Crippen LogP contribution >= 0.6 is 0 Å². The van der Waals surface area contributed by atoms with E-state index in [1.807, 2.05) is 0 Å². The van der Waals surface area contributed by atoms with Crippen molar-refractivity contribution >= 4 is 5.91 Å². The highest BCUT2D eigenvalue weighted by molar-refractivity contribution is 5.91. The van der Waals surface area contributed by atoms with Crippen LogP contribution in [0.4, 0.5) is 0 Å². The predicted octanol–water partition coefficient (Wildman–Crippen LogP) is 0.938. The molecule has 5 nitrogen and oxygen atoms in total. The Morgan fingerprint density at radius 2 is 2.22 bits per heavy atom. The highest BCUT2D eigenvalue weighted by atomic mass is 16.1. The zero-order valence-electron chi connectivity index (χ0n) is 10.8. The van der Waals surface area contributed by atoms with Crippen LogP contribution in [0.3, 0.4) is 0 Å². The molecule has 0 aromatic carbocycles. The molecule has 1 amide bonds. The fourth-order valence-corrected chi connectivity index (χ4v) is 2.12. The Labute approximate surface area is 108 Å². The molecule has 18 heavy (non-hydrogen) atoms. The zero-order valence-corrected chi connectivity index (χ0v) is 10.8. The molecule has 0 spiro atoms. The molecular weight excluding hydrogens is 228 g/mol. The van der Waals surface area contributed by atoms with Crippen LogP contribution in [-0.2, 0) is 0 Å². The van der Waals surface area contributed by atoms with Crippen LogP contribution in [0.25, 0.3) is 0 Å². The van der Waals surface area contributed by atoms with Crippen molar-refractivity contribution in [1.82, 2.24) is 20.2 Å². The average molecular weight is 248 g/mol. The van der Waals surface area contributed by atoms with E-state index in [-0.39, 0.29) is 5.91 Å². The number of hydrogen-bond acceptors (Lipinski definition) is 4. The number of nitrogens with one attached hydrogen (secondary N) is 1. The lowest BCUT2D eigenvalue weighted by Crippen LogP contribution is -2.39. The number of carbonyl (C=O) groups excluding carboxylic acids is 1. The third-order valence-corrected chi connectivity index (χ3v) is 3.39. The van der Waals surface area contributed by atoms with Crippen LogP contribution in [0, 0.1) is 5.92 Å². The van der Waals surface area contributed by atoms with E-state index in [9.17, 15) is 4.79 Å². The van der Waals surface area contributed by atoms with Crippen LogP contribution in [0.15, 0.2) is 18.6 Å². The van der Waals surface area contributed by atoms with Crippen LogP contribution in [0.1, 0.15) is 30.3 Å². The first kappa shape index (κ1) is 13.0. The molecule has 0 bridgehead atoms. The quantitative estimate of drug-likeness (QED) is 0.861. The minimum atomic E-state index is -0.145. The topological polar surface area (TPSA) is 58.1 Å². The standard InChI is InChI=1S/C13H20N4O/c1-11-2-7-17(8-3-11)9-6-16-13(18)12-10-14-4-5-15-12/h4-5,10-11H,2-3,6-9H2,1H3,(H,16,18). The van der Waals surface area contributed by atoms with Crippen LogP contribution in [-0.4, -0.2) is 47.0 Å². The van der Waals surface area contributed by atoms with Gasteiger partial charge in [-0.1, -0.05) is 6.92 Å². The third kappa shape index (κ3) is 3.77. The van der Waals surface area contributed by atoms with E-state index in [1.165, 1.54) is 25.2 Å². The fraction of sp³-hybridized carbons (Fsp3) is 0.615. The maximum atomic E-state index is 11.7. The van der Waals surface area contributed by atoms with Crippen LogP contribution in [0.2, 0.25) is 0 Å². The summed E-state index contributed by atoms with van der Waals surface area (Å²) in [5.74, 6) is 0.698. The number of rotatable bonds is 4. The van der Waals surface area contributed by atoms with Crippen molar-refractivity contribution in [2.75, 3.05) is 26.2 Å². The molecule has 2 rings (SSSR count). The third-order valence-electron chi connectivity index (χ3n) is 3.39. The highest BCUT2D eigenvalue weighted by Crippen LogP contribution is 2.14. The molecule has 98 valence electrons.